The molecule has 8 heteroatoms. The minimum absolute atomic E-state index is 0.0674. The van der Waals surface area contributed by atoms with Gasteiger partial charge >= 0.3 is 12.2 Å². The summed E-state index contributed by atoms with van der Waals surface area (Å²) in [5.41, 5.74) is 1.70. The van der Waals surface area contributed by atoms with Crippen molar-refractivity contribution in [3.8, 4) is 0 Å². The van der Waals surface area contributed by atoms with Crippen LogP contribution in [0.4, 0.5) is 23.7 Å². The fraction of sp³-hybridized carbons (Fsp3) is 0.500. The summed E-state index contributed by atoms with van der Waals surface area (Å²) >= 11 is 0. The molecule has 0 unspecified atom stereocenters. The molecular weight excluding hydrogens is 323 g/mol. The summed E-state index contributed by atoms with van der Waals surface area (Å²) < 4.78 is 44.0. The molecule has 2 amide bonds. The van der Waals surface area contributed by atoms with E-state index < -0.39 is 18.1 Å². The maximum Gasteiger partial charge on any atom is 0.393 e. The van der Waals surface area contributed by atoms with E-state index in [2.05, 4.69) is 10.3 Å². The molecule has 1 aliphatic rings. The van der Waals surface area contributed by atoms with Gasteiger partial charge in [0.15, 0.2) is 11.5 Å². The zero-order valence-corrected chi connectivity index (χ0v) is 13.2. The van der Waals surface area contributed by atoms with Crippen molar-refractivity contribution in [2.24, 2.45) is 5.92 Å². The van der Waals surface area contributed by atoms with Gasteiger partial charge in [0.1, 0.15) is 5.52 Å². The van der Waals surface area contributed by atoms with Crippen LogP contribution in [0.2, 0.25) is 0 Å². The third-order valence-corrected chi connectivity index (χ3v) is 4.16. The number of hydrogen-bond donors (Lipinski definition) is 1. The van der Waals surface area contributed by atoms with Crippen LogP contribution < -0.4 is 5.32 Å². The number of nitrogens with one attached hydrogen (secondary N) is 1. The topological polar surface area (TPSA) is 58.4 Å². The number of fused-ring (bicyclic) bond motifs is 1. The first-order valence-corrected chi connectivity index (χ1v) is 7.89. The number of aromatic nitrogens is 1. The van der Waals surface area contributed by atoms with Crippen molar-refractivity contribution in [2.75, 3.05) is 18.4 Å². The van der Waals surface area contributed by atoms with E-state index in [1.807, 2.05) is 6.92 Å². The monoisotopic (exact) mass is 341 g/mol. The number of oxazole rings is 1. The van der Waals surface area contributed by atoms with Gasteiger partial charge in [-0.05, 0) is 31.0 Å². The molecule has 2 heterocycles. The number of nitrogens with zero attached hydrogens (tertiary/aromatic N) is 2. The highest BCUT2D eigenvalue weighted by Crippen LogP contribution is 2.33. The largest absolute Gasteiger partial charge is 0.441 e. The summed E-state index contributed by atoms with van der Waals surface area (Å²) in [5.74, 6) is -0.861. The molecule has 1 aromatic carbocycles. The highest BCUT2D eigenvalue weighted by molar-refractivity contribution is 5.91. The number of benzene rings is 1. The summed E-state index contributed by atoms with van der Waals surface area (Å²) in [6, 6.07) is 4.46. The average Bonchev–Trinajstić information content (AvgIpc) is 2.96. The Kier molecular flexibility index (Phi) is 4.38. The van der Waals surface area contributed by atoms with Crippen molar-refractivity contribution < 1.29 is 22.4 Å². The quantitative estimate of drug-likeness (QED) is 0.891. The van der Waals surface area contributed by atoms with Gasteiger partial charge in [-0.3, -0.25) is 0 Å². The number of hydrogen-bond acceptors (Lipinski definition) is 3. The van der Waals surface area contributed by atoms with Crippen molar-refractivity contribution in [1.82, 2.24) is 9.88 Å². The summed E-state index contributed by atoms with van der Waals surface area (Å²) in [6.45, 7) is 1.94. The Morgan fingerprint density at radius 1 is 1.46 bits per heavy atom. The first-order chi connectivity index (χ1) is 11.4. The van der Waals surface area contributed by atoms with Crippen LogP contribution in [0, 0.1) is 5.92 Å². The zero-order chi connectivity index (χ0) is 17.3. The van der Waals surface area contributed by atoms with Crippen LogP contribution in [-0.4, -0.2) is 35.2 Å². The van der Waals surface area contributed by atoms with Crippen molar-refractivity contribution in [3.05, 3.63) is 24.1 Å². The van der Waals surface area contributed by atoms with Gasteiger partial charge in [0.05, 0.1) is 5.92 Å². The molecule has 0 aliphatic carbocycles. The number of likely N-dealkylation sites (tertiary alicyclic amines) is 1. The second kappa shape index (κ2) is 6.33. The van der Waals surface area contributed by atoms with E-state index in [4.69, 9.17) is 4.42 Å². The number of anilines is 1. The fourth-order valence-corrected chi connectivity index (χ4v) is 2.84. The Balaban J connectivity index is 1.70. The molecule has 0 spiro atoms. The van der Waals surface area contributed by atoms with Crippen LogP contribution in [0.3, 0.4) is 0 Å². The van der Waals surface area contributed by atoms with Crippen LogP contribution in [0.5, 0.6) is 0 Å². The van der Waals surface area contributed by atoms with E-state index in [9.17, 15) is 18.0 Å². The van der Waals surface area contributed by atoms with Gasteiger partial charge in [0.25, 0.3) is 0 Å². The van der Waals surface area contributed by atoms with E-state index in [-0.39, 0.29) is 13.0 Å². The molecule has 5 nitrogen and oxygen atoms in total. The van der Waals surface area contributed by atoms with Crippen LogP contribution >= 0.6 is 0 Å². The molecule has 0 radical (unpaired) electrons. The molecule has 130 valence electrons. The maximum absolute atomic E-state index is 12.8. The molecule has 1 N–H and O–H groups in total. The number of piperidine rings is 1. The highest BCUT2D eigenvalue weighted by atomic mass is 19.4. The van der Waals surface area contributed by atoms with E-state index >= 15 is 0 Å². The lowest BCUT2D eigenvalue weighted by Crippen LogP contribution is -2.46. The molecule has 2 aromatic rings. The van der Waals surface area contributed by atoms with Gasteiger partial charge < -0.3 is 14.6 Å². The Morgan fingerprint density at radius 2 is 2.25 bits per heavy atom. The molecule has 0 saturated carbocycles. The van der Waals surface area contributed by atoms with Crippen LogP contribution in [0.1, 0.15) is 25.7 Å². The predicted molar refractivity (Wildman–Crippen MR) is 82.8 cm³/mol. The van der Waals surface area contributed by atoms with Crippen LogP contribution in [-0.2, 0) is 6.42 Å². The van der Waals surface area contributed by atoms with Crippen LogP contribution in [0.15, 0.2) is 22.6 Å². The summed E-state index contributed by atoms with van der Waals surface area (Å²) in [4.78, 5) is 17.7. The average molecular weight is 341 g/mol. The number of aryl methyl sites for hydroxylation is 1. The van der Waals surface area contributed by atoms with Gasteiger partial charge in [-0.1, -0.05) is 6.92 Å². The first-order valence-electron chi connectivity index (χ1n) is 7.89. The molecular formula is C16H18F3N3O2. The molecule has 1 atom stereocenters. The second-order valence-electron chi connectivity index (χ2n) is 5.90. The first kappa shape index (κ1) is 16.6. The number of rotatable bonds is 2. The molecule has 24 heavy (non-hydrogen) atoms. The highest BCUT2D eigenvalue weighted by Gasteiger charge is 2.42. The van der Waals surface area contributed by atoms with Gasteiger partial charge in [-0.15, -0.1) is 0 Å². The minimum atomic E-state index is -4.27. The SMILES string of the molecule is CCc1nc2cc(NC(=O)N3CCC[C@@H](C(F)(F)F)C3)ccc2o1. The molecule has 1 saturated heterocycles. The molecule has 3 rings (SSSR count). The molecule has 1 aliphatic heterocycles. The Hall–Kier alpha value is -2.25. The van der Waals surface area contributed by atoms with Gasteiger partial charge in [-0.25, -0.2) is 9.78 Å². The number of amides is 2. The second-order valence-corrected chi connectivity index (χ2v) is 5.90. The Labute approximate surface area is 136 Å². The summed E-state index contributed by atoms with van der Waals surface area (Å²) in [7, 11) is 0. The third kappa shape index (κ3) is 3.47. The summed E-state index contributed by atoms with van der Waals surface area (Å²) in [6.07, 6.45) is -3.20. The molecule has 1 fully saturated rings. The van der Waals surface area contributed by atoms with Crippen molar-refractivity contribution in [3.63, 3.8) is 0 Å². The smallest absolute Gasteiger partial charge is 0.393 e. The van der Waals surface area contributed by atoms with E-state index in [1.54, 1.807) is 18.2 Å². The maximum atomic E-state index is 12.8. The lowest BCUT2D eigenvalue weighted by atomic mass is 9.98. The van der Waals surface area contributed by atoms with E-state index in [0.29, 0.717) is 42.1 Å². The Morgan fingerprint density at radius 3 is 2.96 bits per heavy atom. The van der Waals surface area contributed by atoms with Crippen LogP contribution in [0.25, 0.3) is 11.1 Å². The van der Waals surface area contributed by atoms with Gasteiger partial charge in [-0.2, -0.15) is 13.2 Å². The molecule has 1 aromatic heterocycles. The number of halogens is 3. The number of carbonyl (C=O) groups excluding carboxylic acids is 1. The van der Waals surface area contributed by atoms with Crippen molar-refractivity contribution in [2.45, 2.75) is 32.4 Å². The Bertz CT molecular complexity index is 742. The predicted octanol–water partition coefficient (Wildman–Crippen LogP) is 4.20. The normalized spacial score (nSPS) is 18.8. The fourth-order valence-electron chi connectivity index (χ4n) is 2.84. The number of carbonyl (C=O) groups is 1. The number of alkyl halides is 3. The van der Waals surface area contributed by atoms with E-state index in [1.165, 1.54) is 4.90 Å². The van der Waals surface area contributed by atoms with Crippen molar-refractivity contribution >= 4 is 22.8 Å². The third-order valence-electron chi connectivity index (χ3n) is 4.16. The van der Waals surface area contributed by atoms with E-state index in [0.717, 1.165) is 0 Å². The molecule has 0 bridgehead atoms. The van der Waals surface area contributed by atoms with Gasteiger partial charge in [0, 0.05) is 25.2 Å². The minimum Gasteiger partial charge on any atom is -0.441 e. The standard InChI is InChI=1S/C16H18F3N3O2/c1-2-14-21-12-8-11(5-6-13(12)24-14)20-15(23)22-7-3-4-10(9-22)16(17,18)19/h5-6,8,10H,2-4,7,9H2,1H3,(H,20,23)/t10-/m1/s1. The number of urea groups is 1. The lowest BCUT2D eigenvalue weighted by Gasteiger charge is -2.33. The van der Waals surface area contributed by atoms with Crippen molar-refractivity contribution in [1.29, 1.82) is 0 Å². The zero-order valence-electron chi connectivity index (χ0n) is 13.2. The van der Waals surface area contributed by atoms with Gasteiger partial charge in [0.2, 0.25) is 0 Å². The lowest BCUT2D eigenvalue weighted by molar-refractivity contribution is -0.183. The summed E-state index contributed by atoms with van der Waals surface area (Å²) in [5, 5.41) is 2.64.